The first-order valence-electron chi connectivity index (χ1n) is 8.94. The highest BCUT2D eigenvalue weighted by atomic mass is 32.3. The zero-order valence-corrected chi connectivity index (χ0v) is 17.3. The number of fused-ring (bicyclic) bond motifs is 2. The van der Waals surface area contributed by atoms with Crippen molar-refractivity contribution in [2.75, 3.05) is 20.7 Å². The molecule has 1 aromatic carbocycles. The van der Waals surface area contributed by atoms with Crippen molar-refractivity contribution in [3.05, 3.63) is 35.9 Å². The predicted octanol–water partition coefficient (Wildman–Crippen LogP) is -1.25. The molecule has 1 aromatic rings. The van der Waals surface area contributed by atoms with Crippen LogP contribution in [-0.4, -0.2) is 74.3 Å². The van der Waals surface area contributed by atoms with Crippen LogP contribution < -0.4 is 9.47 Å². The van der Waals surface area contributed by atoms with Crippen LogP contribution in [-0.2, 0) is 30.2 Å². The summed E-state index contributed by atoms with van der Waals surface area (Å²) < 4.78 is 46.7. The Balaban J connectivity index is 0.00000107. The fraction of sp³-hybridized carbons (Fsp3) is 0.556. The van der Waals surface area contributed by atoms with Crippen LogP contribution in [0.5, 0.6) is 11.5 Å². The predicted molar refractivity (Wildman–Crippen MR) is 104 cm³/mol. The number of piperidine rings is 1. The van der Waals surface area contributed by atoms with E-state index in [2.05, 4.69) is 9.23 Å². The third-order valence-corrected chi connectivity index (χ3v) is 6.87. The maximum Gasteiger partial charge on any atom is 0.427 e. The molecule has 0 amide bonds. The fourth-order valence-electron chi connectivity index (χ4n) is 4.81. The molecule has 1 spiro atoms. The van der Waals surface area contributed by atoms with Gasteiger partial charge in [-0.3, -0.25) is 0 Å². The van der Waals surface area contributed by atoms with E-state index in [1.54, 1.807) is 7.11 Å². The number of ether oxygens (including phenoxy) is 2. The van der Waals surface area contributed by atoms with E-state index < -0.39 is 28.2 Å². The van der Waals surface area contributed by atoms with Gasteiger partial charge in [0.25, 0.3) is 0 Å². The summed E-state index contributed by atoms with van der Waals surface area (Å²) in [6.07, 6.45) is 3.60. The van der Waals surface area contributed by atoms with Crippen LogP contribution in [0.3, 0.4) is 0 Å². The molecule has 12 heteroatoms. The van der Waals surface area contributed by atoms with Crippen molar-refractivity contribution in [3.8, 4) is 11.5 Å². The minimum absolute atomic E-state index is 0. The molecule has 1 aliphatic carbocycles. The van der Waals surface area contributed by atoms with Crippen LogP contribution in [0.25, 0.3) is 0 Å². The number of benzene rings is 1. The van der Waals surface area contributed by atoms with Crippen LogP contribution in [0.1, 0.15) is 12.0 Å². The van der Waals surface area contributed by atoms with Crippen molar-refractivity contribution < 1.29 is 47.7 Å². The van der Waals surface area contributed by atoms with E-state index in [-0.39, 0.29) is 28.4 Å². The molecule has 7 bridgehead atoms. The van der Waals surface area contributed by atoms with E-state index in [0.717, 1.165) is 12.0 Å². The number of rotatable bonds is 1. The molecule has 6 N–H and O–H groups in total. The maximum absolute atomic E-state index is 12.3. The van der Waals surface area contributed by atoms with Crippen molar-refractivity contribution in [2.24, 2.45) is 5.92 Å². The molecule has 4 aliphatic rings. The maximum atomic E-state index is 12.3. The molecule has 3 heterocycles. The lowest BCUT2D eigenvalue weighted by atomic mass is 9.67. The summed E-state index contributed by atoms with van der Waals surface area (Å²) in [5.41, 5.74) is -0.0167. The summed E-state index contributed by atoms with van der Waals surface area (Å²) in [5, 5.41) is 0. The van der Waals surface area contributed by atoms with Gasteiger partial charge in [0, 0.05) is 18.5 Å². The van der Waals surface area contributed by atoms with E-state index in [0.29, 0.717) is 24.5 Å². The van der Waals surface area contributed by atoms with Gasteiger partial charge in [0.05, 0.1) is 7.11 Å². The molecule has 2 fully saturated rings. The molecule has 170 valence electrons. The van der Waals surface area contributed by atoms with Gasteiger partial charge in [-0.1, -0.05) is 22.6 Å². The Labute approximate surface area is 174 Å². The van der Waals surface area contributed by atoms with Gasteiger partial charge in [0.1, 0.15) is 5.60 Å². The van der Waals surface area contributed by atoms with Gasteiger partial charge in [0.2, 0.25) is 0 Å². The molecular formula is C18H27NO10S. The molecule has 5 atom stereocenters. The molecule has 2 saturated heterocycles. The van der Waals surface area contributed by atoms with Gasteiger partial charge < -0.3 is 30.8 Å². The lowest BCUT2D eigenvalue weighted by Crippen LogP contribution is -2.67. The average Bonchev–Trinajstić information content (AvgIpc) is 2.68. The van der Waals surface area contributed by atoms with Crippen molar-refractivity contribution in [1.29, 1.82) is 0 Å². The molecule has 30 heavy (non-hydrogen) atoms. The summed E-state index contributed by atoms with van der Waals surface area (Å²) in [6, 6.07) is 5.87. The van der Waals surface area contributed by atoms with Gasteiger partial charge >= 0.3 is 10.4 Å². The quantitative estimate of drug-likeness (QED) is 0.377. The minimum Gasteiger partial charge on any atom is -0.493 e. The van der Waals surface area contributed by atoms with E-state index >= 15 is 0 Å². The molecule has 0 aromatic heterocycles. The lowest BCUT2D eigenvalue weighted by Gasteiger charge is -2.53. The van der Waals surface area contributed by atoms with Crippen LogP contribution in [0.2, 0.25) is 0 Å². The normalized spacial score (nSPS) is 35.4. The highest BCUT2D eigenvalue weighted by Gasteiger charge is 2.62. The third-order valence-electron chi connectivity index (χ3n) is 6.11. The standard InChI is InChI=1S/C18H21NO7S.3H2O/c1-19-8-7-18-12-4-6-15(24-26-27(20,21)25-18)17(18)23-16-10-11(9-13(12)19)3-5-14(16)22-2;;;/h3-6,10,12-13,15,17H,7-9H2,1-2H3;3*1H2/t12-,13-,15+,17-,18+;;;/m1.../s1. The number of likely N-dealkylation sites (N-methyl/N-ethyl adjacent to an activating group) is 1. The topological polar surface area (TPSA) is 178 Å². The summed E-state index contributed by atoms with van der Waals surface area (Å²) in [6.45, 7) is 0.671. The van der Waals surface area contributed by atoms with Crippen molar-refractivity contribution in [2.45, 2.75) is 36.7 Å². The third kappa shape index (κ3) is 3.59. The molecule has 0 saturated carbocycles. The first-order valence-corrected chi connectivity index (χ1v) is 10.3. The minimum atomic E-state index is -4.31. The van der Waals surface area contributed by atoms with Gasteiger partial charge in [-0.15, -0.1) is 0 Å². The van der Waals surface area contributed by atoms with E-state index in [9.17, 15) is 8.42 Å². The zero-order chi connectivity index (χ0) is 18.8. The monoisotopic (exact) mass is 449 g/mol. The Morgan fingerprint density at radius 1 is 1.20 bits per heavy atom. The first kappa shape index (κ1) is 24.5. The number of hydrogen-bond acceptors (Lipinski definition) is 8. The smallest absolute Gasteiger partial charge is 0.427 e. The van der Waals surface area contributed by atoms with Crippen molar-refractivity contribution in [1.82, 2.24) is 4.90 Å². The average molecular weight is 449 g/mol. The second-order valence-electron chi connectivity index (χ2n) is 7.51. The van der Waals surface area contributed by atoms with Gasteiger partial charge in [-0.05, 0) is 37.6 Å². The lowest BCUT2D eigenvalue weighted by molar-refractivity contribution is -0.248. The van der Waals surface area contributed by atoms with E-state index in [1.807, 2.05) is 37.4 Å². The highest BCUT2D eigenvalue weighted by molar-refractivity contribution is 7.81. The fourth-order valence-corrected chi connectivity index (χ4v) is 5.69. The van der Waals surface area contributed by atoms with Gasteiger partial charge in [-0.2, -0.15) is 8.42 Å². The molecule has 5 rings (SSSR count). The first-order chi connectivity index (χ1) is 12.9. The van der Waals surface area contributed by atoms with Gasteiger partial charge in [0.15, 0.2) is 23.7 Å². The number of hydrogen-bond donors (Lipinski definition) is 0. The molecular weight excluding hydrogens is 422 g/mol. The van der Waals surface area contributed by atoms with Crippen LogP contribution in [0.15, 0.2) is 30.4 Å². The SMILES string of the molecule is COc1ccc2cc1O[C@@H]1[C@@H]3C=C[C@@H]4[C@@H](C2)N(C)CC[C@]41OS(=O)(=O)OO3.O.O.O. The second kappa shape index (κ2) is 8.40. The van der Waals surface area contributed by atoms with E-state index in [1.165, 1.54) is 0 Å². The Bertz CT molecular complexity index is 906. The molecule has 0 radical (unpaired) electrons. The number of likely N-dealkylation sites (tertiary alicyclic amines) is 1. The Morgan fingerprint density at radius 3 is 2.70 bits per heavy atom. The molecule has 3 aliphatic heterocycles. The van der Waals surface area contributed by atoms with Gasteiger partial charge in [-0.25, -0.2) is 9.07 Å². The summed E-state index contributed by atoms with van der Waals surface area (Å²) >= 11 is 0. The molecule has 11 nitrogen and oxygen atoms in total. The van der Waals surface area contributed by atoms with Crippen LogP contribution >= 0.6 is 0 Å². The largest absolute Gasteiger partial charge is 0.493 e. The van der Waals surface area contributed by atoms with Crippen LogP contribution in [0, 0.1) is 5.92 Å². The summed E-state index contributed by atoms with van der Waals surface area (Å²) in [5.74, 6) is 0.921. The van der Waals surface area contributed by atoms with Crippen LogP contribution in [0.4, 0.5) is 0 Å². The van der Waals surface area contributed by atoms with Crippen molar-refractivity contribution in [3.63, 3.8) is 0 Å². The Kier molecular flexibility index (Phi) is 6.86. The summed E-state index contributed by atoms with van der Waals surface area (Å²) in [7, 11) is -0.693. The number of nitrogens with zero attached hydrogens (tertiary/aromatic N) is 1. The molecule has 0 unspecified atom stereocenters. The second-order valence-corrected chi connectivity index (χ2v) is 8.63. The zero-order valence-electron chi connectivity index (χ0n) is 16.5. The Hall–Kier alpha value is -1.77. The van der Waals surface area contributed by atoms with E-state index in [4.69, 9.17) is 18.5 Å². The number of methoxy groups -OCH3 is 1. The Morgan fingerprint density at radius 2 is 1.97 bits per heavy atom. The van der Waals surface area contributed by atoms with Crippen molar-refractivity contribution >= 4 is 10.4 Å². The summed E-state index contributed by atoms with van der Waals surface area (Å²) in [4.78, 5) is 7.44. The highest BCUT2D eigenvalue weighted by Crippen LogP contribution is 2.49.